The molecule has 2 N–H and O–H groups in total. The average Bonchev–Trinajstić information content (AvgIpc) is 2.95. The van der Waals surface area contributed by atoms with E-state index in [4.69, 9.17) is 5.73 Å². The first-order valence-corrected chi connectivity index (χ1v) is 9.52. The van der Waals surface area contributed by atoms with Crippen LogP contribution in [0.2, 0.25) is 0 Å². The number of hydrogen-bond donors (Lipinski definition) is 1. The first-order valence-electron chi connectivity index (χ1n) is 6.47. The monoisotopic (exact) mass is 381 g/mol. The molecule has 0 saturated carbocycles. The van der Waals surface area contributed by atoms with Crippen molar-refractivity contribution in [2.75, 3.05) is 33.7 Å². The predicted molar refractivity (Wildman–Crippen MR) is 85.3 cm³/mol. The third-order valence-electron chi connectivity index (χ3n) is 3.60. The normalized spacial score (nSPS) is 20.9. The van der Waals surface area contributed by atoms with E-state index in [0.717, 1.165) is 24.4 Å². The molecule has 1 fully saturated rings. The second kappa shape index (κ2) is 6.41. The molecule has 0 radical (unpaired) electrons. The van der Waals surface area contributed by atoms with Crippen LogP contribution in [0.1, 0.15) is 11.3 Å². The number of likely N-dealkylation sites (tertiary alicyclic amines) is 1. The molecular weight excluding hydrogens is 362 g/mol. The van der Waals surface area contributed by atoms with Gasteiger partial charge in [0.2, 0.25) is 10.0 Å². The van der Waals surface area contributed by atoms with Crippen LogP contribution in [0.15, 0.2) is 14.7 Å². The molecule has 1 aromatic rings. The van der Waals surface area contributed by atoms with Crippen LogP contribution in [-0.2, 0) is 16.6 Å². The smallest absolute Gasteiger partial charge is 0.244 e. The molecule has 20 heavy (non-hydrogen) atoms. The number of rotatable bonds is 5. The highest BCUT2D eigenvalue weighted by Gasteiger charge is 2.29. The summed E-state index contributed by atoms with van der Waals surface area (Å²) in [7, 11) is 0.279. The second-order valence-corrected chi connectivity index (χ2v) is 9.73. The topological polar surface area (TPSA) is 66.6 Å². The Morgan fingerprint density at radius 2 is 2.30 bits per heavy atom. The minimum absolute atomic E-state index is 0.330. The van der Waals surface area contributed by atoms with Gasteiger partial charge in [0.15, 0.2) is 0 Å². The molecule has 2 heterocycles. The molecule has 8 heteroatoms. The largest absolute Gasteiger partial charge is 0.326 e. The van der Waals surface area contributed by atoms with Gasteiger partial charge in [-0.25, -0.2) is 12.7 Å². The highest BCUT2D eigenvalue weighted by Crippen LogP contribution is 2.33. The molecule has 1 aliphatic rings. The Morgan fingerprint density at radius 1 is 1.60 bits per heavy atom. The van der Waals surface area contributed by atoms with E-state index in [0.29, 0.717) is 27.7 Å². The van der Waals surface area contributed by atoms with Gasteiger partial charge in [0.25, 0.3) is 0 Å². The van der Waals surface area contributed by atoms with Crippen LogP contribution in [0.5, 0.6) is 0 Å². The molecule has 1 aliphatic heterocycles. The summed E-state index contributed by atoms with van der Waals surface area (Å²) in [5.41, 5.74) is 5.57. The van der Waals surface area contributed by atoms with E-state index >= 15 is 0 Å². The third-order valence-corrected chi connectivity index (χ3v) is 7.70. The van der Waals surface area contributed by atoms with Gasteiger partial charge in [0.05, 0.1) is 3.79 Å². The first-order chi connectivity index (χ1) is 9.34. The summed E-state index contributed by atoms with van der Waals surface area (Å²) in [6, 6.07) is 1.67. The standard InChI is InChI=1S/C12H20BrN3O2S2/c1-15-4-3-9(7-15)8-16(2)20(17,18)11-5-10(6-14)19-12(11)13/h5,9H,3-4,6-8,14H2,1-2H3. The van der Waals surface area contributed by atoms with Crippen molar-refractivity contribution in [1.82, 2.24) is 9.21 Å². The highest BCUT2D eigenvalue weighted by molar-refractivity contribution is 9.11. The Bertz CT molecular complexity index is 573. The van der Waals surface area contributed by atoms with Crippen molar-refractivity contribution in [3.8, 4) is 0 Å². The number of hydrogen-bond acceptors (Lipinski definition) is 5. The van der Waals surface area contributed by atoms with Crippen molar-refractivity contribution in [2.24, 2.45) is 11.7 Å². The van der Waals surface area contributed by atoms with Crippen molar-refractivity contribution < 1.29 is 8.42 Å². The second-order valence-electron chi connectivity index (χ2n) is 5.26. The zero-order chi connectivity index (χ0) is 14.9. The van der Waals surface area contributed by atoms with E-state index in [1.54, 1.807) is 13.1 Å². The summed E-state index contributed by atoms with van der Waals surface area (Å²) in [6.07, 6.45) is 1.05. The van der Waals surface area contributed by atoms with E-state index in [1.165, 1.54) is 15.6 Å². The summed E-state index contributed by atoms with van der Waals surface area (Å²) >= 11 is 4.71. The zero-order valence-corrected chi connectivity index (χ0v) is 14.9. The van der Waals surface area contributed by atoms with Gasteiger partial charge < -0.3 is 10.6 Å². The van der Waals surface area contributed by atoms with E-state index in [-0.39, 0.29) is 0 Å². The molecule has 2 rings (SSSR count). The maximum atomic E-state index is 12.6. The number of nitrogens with zero attached hydrogens (tertiary/aromatic N) is 2. The quantitative estimate of drug-likeness (QED) is 0.839. The summed E-state index contributed by atoms with van der Waals surface area (Å²) < 4.78 is 27.3. The molecule has 0 aromatic carbocycles. The third kappa shape index (κ3) is 3.42. The molecule has 1 aromatic heterocycles. The number of sulfonamides is 1. The average molecular weight is 382 g/mol. The van der Waals surface area contributed by atoms with Crippen LogP contribution in [0, 0.1) is 5.92 Å². The van der Waals surface area contributed by atoms with Crippen LogP contribution in [0.4, 0.5) is 0 Å². The SMILES string of the molecule is CN1CCC(CN(C)S(=O)(=O)c2cc(CN)sc2Br)C1. The van der Waals surface area contributed by atoms with Gasteiger partial charge in [-0.05, 0) is 47.9 Å². The highest BCUT2D eigenvalue weighted by atomic mass is 79.9. The molecule has 0 aliphatic carbocycles. The number of nitrogens with two attached hydrogens (primary N) is 1. The molecule has 1 atom stereocenters. The van der Waals surface area contributed by atoms with Crippen LogP contribution in [-0.4, -0.2) is 51.4 Å². The lowest BCUT2D eigenvalue weighted by Crippen LogP contribution is -2.32. The minimum atomic E-state index is -3.44. The summed E-state index contributed by atoms with van der Waals surface area (Å²) in [5.74, 6) is 0.408. The zero-order valence-electron chi connectivity index (χ0n) is 11.7. The van der Waals surface area contributed by atoms with E-state index in [2.05, 4.69) is 27.9 Å². The number of halogens is 1. The van der Waals surface area contributed by atoms with Crippen molar-refractivity contribution in [3.63, 3.8) is 0 Å². The van der Waals surface area contributed by atoms with Crippen molar-refractivity contribution in [1.29, 1.82) is 0 Å². The van der Waals surface area contributed by atoms with Crippen molar-refractivity contribution in [3.05, 3.63) is 14.7 Å². The molecular formula is C12H20BrN3O2S2. The molecule has 1 unspecified atom stereocenters. The summed E-state index contributed by atoms with van der Waals surface area (Å²) in [6.45, 7) is 2.92. The Kier molecular flexibility index (Phi) is 5.25. The molecule has 0 bridgehead atoms. The van der Waals surface area contributed by atoms with E-state index in [9.17, 15) is 8.42 Å². The van der Waals surface area contributed by atoms with Crippen LogP contribution in [0.3, 0.4) is 0 Å². The van der Waals surface area contributed by atoms with E-state index in [1.807, 2.05) is 0 Å². The molecule has 1 saturated heterocycles. The minimum Gasteiger partial charge on any atom is -0.326 e. The first kappa shape index (κ1) is 16.4. The lowest BCUT2D eigenvalue weighted by atomic mass is 10.1. The molecule has 0 spiro atoms. The molecule has 0 amide bonds. The molecule has 5 nitrogen and oxygen atoms in total. The predicted octanol–water partition coefficient (Wildman–Crippen LogP) is 1.54. The number of thiophene rings is 1. The van der Waals surface area contributed by atoms with Gasteiger partial charge in [-0.1, -0.05) is 0 Å². The fourth-order valence-electron chi connectivity index (χ4n) is 2.48. The maximum Gasteiger partial charge on any atom is 0.244 e. The summed E-state index contributed by atoms with van der Waals surface area (Å²) in [4.78, 5) is 3.43. The van der Waals surface area contributed by atoms with Crippen LogP contribution >= 0.6 is 27.3 Å². The van der Waals surface area contributed by atoms with Crippen molar-refractivity contribution >= 4 is 37.3 Å². The Hall–Kier alpha value is 0.01000. The Morgan fingerprint density at radius 3 is 2.80 bits per heavy atom. The fraction of sp³-hybridized carbons (Fsp3) is 0.667. The van der Waals surface area contributed by atoms with Gasteiger partial charge in [-0.3, -0.25) is 0 Å². The van der Waals surface area contributed by atoms with Gasteiger partial charge in [0.1, 0.15) is 4.90 Å². The van der Waals surface area contributed by atoms with Gasteiger partial charge in [0, 0.05) is 31.6 Å². The van der Waals surface area contributed by atoms with Gasteiger partial charge >= 0.3 is 0 Å². The fourth-order valence-corrected chi connectivity index (χ4v) is 6.23. The maximum absolute atomic E-state index is 12.6. The van der Waals surface area contributed by atoms with Gasteiger partial charge in [-0.15, -0.1) is 11.3 Å². The van der Waals surface area contributed by atoms with Crippen LogP contribution < -0.4 is 5.73 Å². The Labute approximate surface area is 132 Å². The van der Waals surface area contributed by atoms with Crippen molar-refractivity contribution in [2.45, 2.75) is 17.9 Å². The lowest BCUT2D eigenvalue weighted by Gasteiger charge is -2.20. The molecule has 114 valence electrons. The lowest BCUT2D eigenvalue weighted by molar-refractivity contribution is 0.356. The van der Waals surface area contributed by atoms with Crippen LogP contribution in [0.25, 0.3) is 0 Å². The Balaban J connectivity index is 2.14. The van der Waals surface area contributed by atoms with E-state index < -0.39 is 10.0 Å². The van der Waals surface area contributed by atoms with Gasteiger partial charge in [-0.2, -0.15) is 0 Å². The summed E-state index contributed by atoms with van der Waals surface area (Å²) in [5, 5.41) is 0.